The van der Waals surface area contributed by atoms with Crippen molar-refractivity contribution in [3.8, 4) is 11.4 Å². The summed E-state index contributed by atoms with van der Waals surface area (Å²) in [5.74, 6) is 0.612. The van der Waals surface area contributed by atoms with Gasteiger partial charge in [-0.05, 0) is 42.3 Å². The van der Waals surface area contributed by atoms with Gasteiger partial charge in [-0.2, -0.15) is 4.80 Å². The molecule has 24 heavy (non-hydrogen) atoms. The van der Waals surface area contributed by atoms with Crippen molar-refractivity contribution in [2.75, 3.05) is 19.7 Å². The van der Waals surface area contributed by atoms with Gasteiger partial charge in [-0.15, -0.1) is 10.2 Å². The third kappa shape index (κ3) is 3.42. The Morgan fingerprint density at radius 2 is 2.17 bits per heavy atom. The van der Waals surface area contributed by atoms with Crippen LogP contribution in [-0.2, 0) is 4.79 Å². The molecule has 2 atom stereocenters. The molecule has 8 heteroatoms. The Kier molecular flexibility index (Phi) is 5.11. The van der Waals surface area contributed by atoms with Gasteiger partial charge in [0.15, 0.2) is 6.04 Å². The highest BCUT2D eigenvalue weighted by Crippen LogP contribution is 2.22. The minimum atomic E-state index is -0.476. The summed E-state index contributed by atoms with van der Waals surface area (Å²) in [6, 6.07) is 6.69. The van der Waals surface area contributed by atoms with E-state index in [0.29, 0.717) is 30.4 Å². The second kappa shape index (κ2) is 7.27. The molecule has 1 aromatic heterocycles. The molecule has 1 saturated heterocycles. The number of tetrazole rings is 1. The van der Waals surface area contributed by atoms with Gasteiger partial charge in [-0.1, -0.05) is 18.5 Å². The Morgan fingerprint density at radius 3 is 2.79 bits per heavy atom. The van der Waals surface area contributed by atoms with E-state index in [0.717, 1.165) is 12.0 Å². The fourth-order valence-electron chi connectivity index (χ4n) is 2.90. The molecule has 2 aromatic rings. The third-order valence-electron chi connectivity index (χ3n) is 4.34. The van der Waals surface area contributed by atoms with Crippen LogP contribution in [0, 0.1) is 5.92 Å². The molecule has 0 aliphatic carbocycles. The quantitative estimate of drug-likeness (QED) is 0.889. The van der Waals surface area contributed by atoms with E-state index in [2.05, 4.69) is 15.4 Å². The van der Waals surface area contributed by atoms with E-state index in [9.17, 15) is 9.90 Å². The number of halogens is 1. The topological polar surface area (TPSA) is 84.1 Å². The van der Waals surface area contributed by atoms with Crippen LogP contribution in [0.1, 0.15) is 25.8 Å². The number of hydrogen-bond donors (Lipinski definition) is 1. The fourth-order valence-corrected chi connectivity index (χ4v) is 3.03. The van der Waals surface area contributed by atoms with E-state index >= 15 is 0 Å². The first-order valence-electron chi connectivity index (χ1n) is 8.07. The molecule has 2 unspecified atom stereocenters. The molecule has 7 nitrogen and oxygen atoms in total. The van der Waals surface area contributed by atoms with Crippen molar-refractivity contribution < 1.29 is 9.90 Å². The second-order valence-electron chi connectivity index (χ2n) is 5.99. The molecule has 0 bridgehead atoms. The summed E-state index contributed by atoms with van der Waals surface area (Å²) in [5.41, 5.74) is 0.800. The predicted molar refractivity (Wildman–Crippen MR) is 89.4 cm³/mol. The van der Waals surface area contributed by atoms with Crippen LogP contribution < -0.4 is 0 Å². The number of nitrogens with zero attached hydrogens (tertiary/aromatic N) is 5. The summed E-state index contributed by atoms with van der Waals surface area (Å²) in [5, 5.41) is 22.4. The molecule has 1 amide bonds. The number of likely N-dealkylation sites (tertiary alicyclic amines) is 1. The zero-order valence-electron chi connectivity index (χ0n) is 13.5. The van der Waals surface area contributed by atoms with Gasteiger partial charge in [0.2, 0.25) is 11.7 Å². The molecular weight excluding hydrogens is 330 g/mol. The lowest BCUT2D eigenvalue weighted by Crippen LogP contribution is -2.36. The van der Waals surface area contributed by atoms with Crippen LogP contribution in [0.25, 0.3) is 11.4 Å². The van der Waals surface area contributed by atoms with E-state index in [1.54, 1.807) is 17.0 Å². The molecule has 0 radical (unpaired) electrons. The highest BCUT2D eigenvalue weighted by molar-refractivity contribution is 6.30. The number of benzene rings is 1. The average Bonchev–Trinajstić information content (AvgIpc) is 3.25. The van der Waals surface area contributed by atoms with Crippen molar-refractivity contribution in [1.82, 2.24) is 25.1 Å². The first kappa shape index (κ1) is 16.9. The molecular formula is C16H20ClN5O2. The van der Waals surface area contributed by atoms with Crippen molar-refractivity contribution in [1.29, 1.82) is 0 Å². The van der Waals surface area contributed by atoms with Crippen LogP contribution in [0.3, 0.4) is 0 Å². The van der Waals surface area contributed by atoms with Crippen LogP contribution in [-0.4, -0.2) is 55.8 Å². The van der Waals surface area contributed by atoms with Gasteiger partial charge in [0, 0.05) is 36.2 Å². The lowest BCUT2D eigenvalue weighted by atomic mass is 10.1. The van der Waals surface area contributed by atoms with Gasteiger partial charge in [0.1, 0.15) is 0 Å². The maximum Gasteiger partial charge on any atom is 0.249 e. The van der Waals surface area contributed by atoms with Gasteiger partial charge < -0.3 is 10.0 Å². The number of aromatic nitrogens is 4. The maximum atomic E-state index is 12.7. The molecule has 2 heterocycles. The number of aliphatic hydroxyl groups is 1. The Balaban J connectivity index is 1.76. The smallest absolute Gasteiger partial charge is 0.249 e. The van der Waals surface area contributed by atoms with Gasteiger partial charge in [-0.3, -0.25) is 4.79 Å². The summed E-state index contributed by atoms with van der Waals surface area (Å²) in [6.45, 7) is 3.29. The minimum absolute atomic E-state index is 0.0199. The monoisotopic (exact) mass is 349 g/mol. The highest BCUT2D eigenvalue weighted by Gasteiger charge is 2.32. The zero-order chi connectivity index (χ0) is 17.1. The molecule has 0 spiro atoms. The van der Waals surface area contributed by atoms with E-state index in [1.807, 2.05) is 19.1 Å². The zero-order valence-corrected chi connectivity index (χ0v) is 14.2. The van der Waals surface area contributed by atoms with Crippen molar-refractivity contribution in [3.05, 3.63) is 29.3 Å². The summed E-state index contributed by atoms with van der Waals surface area (Å²) in [6.07, 6.45) is 1.41. The largest absolute Gasteiger partial charge is 0.396 e. The van der Waals surface area contributed by atoms with Gasteiger partial charge in [-0.25, -0.2) is 0 Å². The molecule has 0 saturated carbocycles. The first-order chi connectivity index (χ1) is 11.6. The predicted octanol–water partition coefficient (Wildman–Crippen LogP) is 1.79. The van der Waals surface area contributed by atoms with Crippen LogP contribution in [0.5, 0.6) is 0 Å². The number of aliphatic hydroxyl groups excluding tert-OH is 1. The van der Waals surface area contributed by atoms with Crippen molar-refractivity contribution >= 4 is 17.5 Å². The normalized spacial score (nSPS) is 18.8. The lowest BCUT2D eigenvalue weighted by Gasteiger charge is -2.21. The molecule has 128 valence electrons. The fraction of sp³-hybridized carbons (Fsp3) is 0.500. The van der Waals surface area contributed by atoms with Crippen molar-refractivity contribution in [2.45, 2.75) is 25.8 Å². The summed E-state index contributed by atoms with van der Waals surface area (Å²) in [4.78, 5) is 15.9. The number of hydrogen-bond acceptors (Lipinski definition) is 5. The number of carbonyl (C=O) groups excluding carboxylic acids is 1. The highest BCUT2D eigenvalue weighted by atomic mass is 35.5. The van der Waals surface area contributed by atoms with E-state index < -0.39 is 6.04 Å². The standard InChI is InChI=1S/C16H20ClN5O2/c1-2-14(16(24)21-8-7-11(9-21)10-23)22-19-15(18-20-22)12-3-5-13(17)6-4-12/h3-6,11,14,23H,2,7-10H2,1H3. The number of amides is 1. The maximum absolute atomic E-state index is 12.7. The Hall–Kier alpha value is -1.99. The van der Waals surface area contributed by atoms with Crippen molar-refractivity contribution in [3.63, 3.8) is 0 Å². The number of rotatable bonds is 5. The first-order valence-corrected chi connectivity index (χ1v) is 8.45. The van der Waals surface area contributed by atoms with E-state index in [-0.39, 0.29) is 18.4 Å². The van der Waals surface area contributed by atoms with E-state index in [1.165, 1.54) is 4.80 Å². The Bertz CT molecular complexity index is 703. The SMILES string of the molecule is CCC(C(=O)N1CCC(CO)C1)n1nnc(-c2ccc(Cl)cc2)n1. The minimum Gasteiger partial charge on any atom is -0.396 e. The van der Waals surface area contributed by atoms with Crippen LogP contribution in [0.4, 0.5) is 0 Å². The van der Waals surface area contributed by atoms with Gasteiger partial charge >= 0.3 is 0 Å². The second-order valence-corrected chi connectivity index (χ2v) is 6.42. The van der Waals surface area contributed by atoms with Gasteiger partial charge in [0.05, 0.1) is 0 Å². The third-order valence-corrected chi connectivity index (χ3v) is 4.59. The number of carbonyl (C=O) groups is 1. The Labute approximate surface area is 145 Å². The summed E-state index contributed by atoms with van der Waals surface area (Å²) in [7, 11) is 0. The molecule has 3 rings (SSSR count). The molecule has 1 N–H and O–H groups in total. The van der Waals surface area contributed by atoms with Crippen LogP contribution >= 0.6 is 11.6 Å². The van der Waals surface area contributed by atoms with Crippen LogP contribution in [0.15, 0.2) is 24.3 Å². The van der Waals surface area contributed by atoms with Crippen molar-refractivity contribution in [2.24, 2.45) is 5.92 Å². The Morgan fingerprint density at radius 1 is 1.42 bits per heavy atom. The summed E-state index contributed by atoms with van der Waals surface area (Å²) >= 11 is 5.89. The van der Waals surface area contributed by atoms with Crippen LogP contribution in [0.2, 0.25) is 5.02 Å². The summed E-state index contributed by atoms with van der Waals surface area (Å²) < 4.78 is 0. The molecule has 1 fully saturated rings. The molecule has 1 aliphatic heterocycles. The lowest BCUT2D eigenvalue weighted by molar-refractivity contribution is -0.134. The molecule has 1 aliphatic rings. The molecule has 1 aromatic carbocycles. The van der Waals surface area contributed by atoms with E-state index in [4.69, 9.17) is 11.6 Å². The average molecular weight is 350 g/mol. The van der Waals surface area contributed by atoms with Gasteiger partial charge in [0.25, 0.3) is 0 Å².